The lowest BCUT2D eigenvalue weighted by Gasteiger charge is -2.20. The molecule has 2 N–H and O–H groups in total. The van der Waals surface area contributed by atoms with Gasteiger partial charge in [0.2, 0.25) is 0 Å². The van der Waals surface area contributed by atoms with Crippen LogP contribution in [0.2, 0.25) is 0 Å². The Bertz CT molecular complexity index is 563. The Hall–Kier alpha value is -1.47. The molecule has 1 saturated carbocycles. The van der Waals surface area contributed by atoms with Gasteiger partial charge in [-0.2, -0.15) is 0 Å². The molecule has 0 unspecified atom stereocenters. The maximum absolute atomic E-state index is 11.9. The van der Waals surface area contributed by atoms with E-state index in [4.69, 9.17) is 14.2 Å². The largest absolute Gasteiger partial charge is 0.486 e. The summed E-state index contributed by atoms with van der Waals surface area (Å²) in [7, 11) is 0. The third kappa shape index (κ3) is 5.00. The zero-order chi connectivity index (χ0) is 16.1. The van der Waals surface area contributed by atoms with Crippen LogP contribution in [0.4, 0.5) is 10.5 Å². The van der Waals surface area contributed by atoms with Gasteiger partial charge in [0.15, 0.2) is 11.5 Å². The molecule has 2 amide bonds. The van der Waals surface area contributed by atoms with E-state index in [1.807, 2.05) is 0 Å². The van der Waals surface area contributed by atoms with Gasteiger partial charge in [-0.05, 0) is 41.1 Å². The van der Waals surface area contributed by atoms with Crippen LogP contribution in [0.25, 0.3) is 0 Å². The predicted octanol–water partition coefficient (Wildman–Crippen LogP) is 3.16. The second kappa shape index (κ2) is 7.88. The van der Waals surface area contributed by atoms with Gasteiger partial charge in [-0.25, -0.2) is 4.79 Å². The number of anilines is 1. The van der Waals surface area contributed by atoms with Crippen molar-refractivity contribution in [2.45, 2.75) is 19.3 Å². The molecule has 0 spiro atoms. The van der Waals surface area contributed by atoms with Crippen LogP contribution >= 0.6 is 15.9 Å². The normalized spacial score (nSPS) is 16.0. The van der Waals surface area contributed by atoms with Gasteiger partial charge < -0.3 is 24.8 Å². The van der Waals surface area contributed by atoms with Crippen LogP contribution in [0.5, 0.6) is 11.5 Å². The van der Waals surface area contributed by atoms with E-state index in [1.165, 1.54) is 12.8 Å². The average molecular weight is 385 g/mol. The molecule has 0 bridgehead atoms. The van der Waals surface area contributed by atoms with E-state index in [9.17, 15) is 4.79 Å². The molecular weight excluding hydrogens is 364 g/mol. The first-order chi connectivity index (χ1) is 11.2. The Balaban J connectivity index is 1.40. The number of nitrogens with one attached hydrogen (secondary N) is 2. The van der Waals surface area contributed by atoms with Gasteiger partial charge in [0.1, 0.15) is 13.2 Å². The highest BCUT2D eigenvalue weighted by Crippen LogP contribution is 2.38. The van der Waals surface area contributed by atoms with Gasteiger partial charge in [0, 0.05) is 36.4 Å². The number of ether oxygens (including phenoxy) is 3. The molecule has 1 heterocycles. The molecule has 0 radical (unpaired) electrons. The third-order valence-corrected chi connectivity index (χ3v) is 4.34. The van der Waals surface area contributed by atoms with E-state index in [0.29, 0.717) is 43.6 Å². The van der Waals surface area contributed by atoms with Gasteiger partial charge in [-0.15, -0.1) is 0 Å². The van der Waals surface area contributed by atoms with Crippen molar-refractivity contribution in [2.75, 3.05) is 38.3 Å². The molecule has 0 saturated heterocycles. The summed E-state index contributed by atoms with van der Waals surface area (Å²) in [5.41, 5.74) is 0.650. The first-order valence-electron chi connectivity index (χ1n) is 7.94. The summed E-state index contributed by atoms with van der Waals surface area (Å²) in [5.74, 6) is 2.10. The SMILES string of the molecule is O=C(NCCCOCC1CC1)Nc1cc2c(cc1Br)OCCO2. The fourth-order valence-corrected chi connectivity index (χ4v) is 2.66. The third-order valence-electron chi connectivity index (χ3n) is 3.68. The van der Waals surface area contributed by atoms with E-state index in [0.717, 1.165) is 23.4 Å². The molecule has 1 aliphatic carbocycles. The predicted molar refractivity (Wildman–Crippen MR) is 90.3 cm³/mol. The smallest absolute Gasteiger partial charge is 0.319 e. The molecule has 7 heteroatoms. The number of carbonyl (C=O) groups is 1. The van der Waals surface area contributed by atoms with Crippen LogP contribution in [0.3, 0.4) is 0 Å². The Labute approximate surface area is 144 Å². The molecule has 1 aliphatic heterocycles. The maximum atomic E-state index is 11.9. The fraction of sp³-hybridized carbons (Fsp3) is 0.562. The van der Waals surface area contributed by atoms with E-state index in [1.54, 1.807) is 12.1 Å². The molecule has 1 fully saturated rings. The summed E-state index contributed by atoms with van der Waals surface area (Å²) >= 11 is 3.43. The maximum Gasteiger partial charge on any atom is 0.319 e. The first-order valence-corrected chi connectivity index (χ1v) is 8.73. The van der Waals surface area contributed by atoms with Crippen molar-refractivity contribution in [2.24, 2.45) is 5.92 Å². The van der Waals surface area contributed by atoms with Gasteiger partial charge in [0.25, 0.3) is 0 Å². The number of halogens is 1. The van der Waals surface area contributed by atoms with Gasteiger partial charge in [0.05, 0.1) is 5.69 Å². The summed E-state index contributed by atoms with van der Waals surface area (Å²) in [6, 6.07) is 3.32. The lowest BCUT2D eigenvalue weighted by Crippen LogP contribution is -2.30. The minimum Gasteiger partial charge on any atom is -0.486 e. The fourth-order valence-electron chi connectivity index (χ4n) is 2.24. The summed E-state index contributed by atoms with van der Waals surface area (Å²) < 4.78 is 17.3. The van der Waals surface area contributed by atoms with Crippen molar-refractivity contribution in [3.8, 4) is 11.5 Å². The second-order valence-electron chi connectivity index (χ2n) is 5.73. The van der Waals surface area contributed by atoms with E-state index in [2.05, 4.69) is 26.6 Å². The Morgan fingerprint density at radius 2 is 2.00 bits per heavy atom. The molecule has 6 nitrogen and oxygen atoms in total. The molecule has 126 valence electrons. The lowest BCUT2D eigenvalue weighted by atomic mass is 10.2. The second-order valence-corrected chi connectivity index (χ2v) is 6.58. The average Bonchev–Trinajstić information content (AvgIpc) is 3.36. The summed E-state index contributed by atoms with van der Waals surface area (Å²) in [6.07, 6.45) is 3.40. The van der Waals surface area contributed by atoms with Crippen LogP contribution in [-0.4, -0.2) is 39.0 Å². The molecule has 2 aliphatic rings. The van der Waals surface area contributed by atoms with Crippen molar-refractivity contribution >= 4 is 27.6 Å². The van der Waals surface area contributed by atoms with E-state index >= 15 is 0 Å². The lowest BCUT2D eigenvalue weighted by molar-refractivity contribution is 0.122. The van der Waals surface area contributed by atoms with Crippen molar-refractivity contribution in [1.82, 2.24) is 5.32 Å². The highest BCUT2D eigenvalue weighted by molar-refractivity contribution is 9.10. The highest BCUT2D eigenvalue weighted by Gasteiger charge is 2.20. The van der Waals surface area contributed by atoms with Crippen LogP contribution < -0.4 is 20.1 Å². The van der Waals surface area contributed by atoms with Gasteiger partial charge in [-0.1, -0.05) is 0 Å². The van der Waals surface area contributed by atoms with Crippen molar-refractivity contribution < 1.29 is 19.0 Å². The highest BCUT2D eigenvalue weighted by atomic mass is 79.9. The van der Waals surface area contributed by atoms with Crippen LogP contribution in [0.1, 0.15) is 19.3 Å². The Morgan fingerprint density at radius 1 is 1.26 bits per heavy atom. The monoisotopic (exact) mass is 384 g/mol. The number of fused-ring (bicyclic) bond motifs is 1. The zero-order valence-electron chi connectivity index (χ0n) is 12.9. The molecule has 23 heavy (non-hydrogen) atoms. The van der Waals surface area contributed by atoms with Gasteiger partial charge in [-0.3, -0.25) is 0 Å². The first kappa shape index (κ1) is 16.4. The minimum absolute atomic E-state index is 0.246. The molecular formula is C16H21BrN2O4. The molecule has 1 aromatic rings. The quantitative estimate of drug-likeness (QED) is 0.708. The molecule has 0 aromatic heterocycles. The number of hydrogen-bond donors (Lipinski definition) is 2. The number of carbonyl (C=O) groups excluding carboxylic acids is 1. The van der Waals surface area contributed by atoms with Crippen molar-refractivity contribution in [1.29, 1.82) is 0 Å². The van der Waals surface area contributed by atoms with Crippen LogP contribution in [0, 0.1) is 5.92 Å². The van der Waals surface area contributed by atoms with Crippen molar-refractivity contribution in [3.63, 3.8) is 0 Å². The number of urea groups is 1. The standard InChI is InChI=1S/C16H21BrN2O4/c17-12-8-14-15(23-7-6-22-14)9-13(12)19-16(20)18-4-1-5-21-10-11-2-3-11/h8-9,11H,1-7,10H2,(H2,18,19,20). The van der Waals surface area contributed by atoms with E-state index in [-0.39, 0.29) is 6.03 Å². The van der Waals surface area contributed by atoms with Crippen molar-refractivity contribution in [3.05, 3.63) is 16.6 Å². The van der Waals surface area contributed by atoms with E-state index < -0.39 is 0 Å². The van der Waals surface area contributed by atoms with Crippen LogP contribution in [0.15, 0.2) is 16.6 Å². The number of hydrogen-bond acceptors (Lipinski definition) is 4. The molecule has 0 atom stereocenters. The summed E-state index contributed by atoms with van der Waals surface area (Å²) in [5, 5.41) is 5.63. The number of rotatable bonds is 7. The molecule has 3 rings (SSSR count). The van der Waals surface area contributed by atoms with Crippen LogP contribution in [-0.2, 0) is 4.74 Å². The Kier molecular flexibility index (Phi) is 5.61. The minimum atomic E-state index is -0.246. The van der Waals surface area contributed by atoms with Gasteiger partial charge >= 0.3 is 6.03 Å². The number of benzene rings is 1. The summed E-state index contributed by atoms with van der Waals surface area (Å²) in [4.78, 5) is 11.9. The number of amides is 2. The Morgan fingerprint density at radius 3 is 2.74 bits per heavy atom. The zero-order valence-corrected chi connectivity index (χ0v) is 14.5. The topological polar surface area (TPSA) is 68.8 Å². The molecule has 1 aromatic carbocycles. The summed E-state index contributed by atoms with van der Waals surface area (Å²) in [6.45, 7) is 3.18.